The number of hydrogen-bond donors (Lipinski definition) is 3. The molecule has 0 bridgehead atoms. The van der Waals surface area contributed by atoms with E-state index in [0.29, 0.717) is 37.1 Å². The fourth-order valence-electron chi connectivity index (χ4n) is 5.04. The molecule has 1 aliphatic heterocycles. The number of nitrogens with zero attached hydrogens (tertiary/aromatic N) is 3. The highest BCUT2D eigenvalue weighted by Gasteiger charge is 2.48. The largest absolute Gasteiger partial charge is 0.380 e. The van der Waals surface area contributed by atoms with Gasteiger partial charge in [-0.3, -0.25) is 14.3 Å². The Labute approximate surface area is 192 Å². The van der Waals surface area contributed by atoms with Crippen LogP contribution in [0.2, 0.25) is 0 Å². The van der Waals surface area contributed by atoms with Crippen molar-refractivity contribution in [1.82, 2.24) is 20.1 Å². The maximum absolute atomic E-state index is 14.7. The van der Waals surface area contributed by atoms with Crippen molar-refractivity contribution < 1.29 is 19.1 Å². The molecule has 2 atom stereocenters. The van der Waals surface area contributed by atoms with Crippen molar-refractivity contribution >= 4 is 17.6 Å². The smallest absolute Gasteiger partial charge is 0.252 e. The summed E-state index contributed by atoms with van der Waals surface area (Å²) in [5.74, 6) is -0.964. The molecular formula is C24H30FN5O3. The van der Waals surface area contributed by atoms with Gasteiger partial charge < -0.3 is 15.7 Å². The van der Waals surface area contributed by atoms with E-state index in [1.807, 2.05) is 4.68 Å². The molecular weight excluding hydrogens is 425 g/mol. The summed E-state index contributed by atoms with van der Waals surface area (Å²) < 4.78 is 16.6. The van der Waals surface area contributed by atoms with Crippen LogP contribution in [0.25, 0.3) is 11.1 Å². The minimum Gasteiger partial charge on any atom is -0.380 e. The van der Waals surface area contributed by atoms with Gasteiger partial charge in [0.2, 0.25) is 5.91 Å². The minimum atomic E-state index is -1.22. The number of amides is 2. The number of halogens is 1. The fraction of sp³-hybridized carbons (Fsp3) is 0.583. The molecule has 33 heavy (non-hydrogen) atoms. The van der Waals surface area contributed by atoms with Crippen LogP contribution in [0.4, 0.5) is 10.2 Å². The van der Waals surface area contributed by atoms with Gasteiger partial charge in [0.25, 0.3) is 5.91 Å². The Morgan fingerprint density at radius 2 is 2.00 bits per heavy atom. The predicted molar refractivity (Wildman–Crippen MR) is 120 cm³/mol. The van der Waals surface area contributed by atoms with Crippen molar-refractivity contribution in [3.63, 3.8) is 0 Å². The number of aromatic nitrogens is 3. The summed E-state index contributed by atoms with van der Waals surface area (Å²) in [7, 11) is 0. The lowest BCUT2D eigenvalue weighted by Gasteiger charge is -2.29. The molecule has 0 spiro atoms. The number of anilines is 1. The molecule has 3 N–H and O–H groups in total. The zero-order valence-corrected chi connectivity index (χ0v) is 19.0. The van der Waals surface area contributed by atoms with Crippen molar-refractivity contribution in [3.8, 4) is 11.1 Å². The second-order valence-corrected chi connectivity index (χ2v) is 10.6. The van der Waals surface area contributed by atoms with Crippen LogP contribution in [0.5, 0.6) is 0 Å². The average Bonchev–Trinajstić information content (AvgIpc) is 3.30. The number of aliphatic hydroxyl groups is 1. The Balaban J connectivity index is 1.27. The van der Waals surface area contributed by atoms with Gasteiger partial charge in [0.15, 0.2) is 0 Å². The molecule has 0 radical (unpaired) electrons. The standard InChI is InChI=1S/C24H30FN5O3/c1-23(2)10-19-17(11-27-30(19)13-23)16-9-20(26-12-18(16)25)29-21(31)14-4-3-5-15(8-14)28-22(32)24(33)6-7-24/h9,11-12,14-15,33H,3-8,10,13H2,1-2H3,(H,28,32)(H,26,29,31)/t14-,15-/m1/s1. The van der Waals surface area contributed by atoms with Gasteiger partial charge in [-0.25, -0.2) is 9.37 Å². The lowest BCUT2D eigenvalue weighted by molar-refractivity contribution is -0.133. The molecule has 2 aromatic rings. The molecule has 2 aliphatic carbocycles. The lowest BCUT2D eigenvalue weighted by Crippen LogP contribution is -2.45. The molecule has 2 aromatic heterocycles. The van der Waals surface area contributed by atoms with E-state index in [-0.39, 0.29) is 29.2 Å². The van der Waals surface area contributed by atoms with Crippen LogP contribution in [0.3, 0.4) is 0 Å². The Bertz CT molecular complexity index is 1110. The maximum atomic E-state index is 14.7. The first-order valence-corrected chi connectivity index (χ1v) is 11.7. The number of pyridine rings is 1. The van der Waals surface area contributed by atoms with Crippen molar-refractivity contribution in [2.75, 3.05) is 5.32 Å². The van der Waals surface area contributed by atoms with Gasteiger partial charge in [0.1, 0.15) is 17.2 Å². The van der Waals surface area contributed by atoms with Crippen LogP contribution in [0.15, 0.2) is 18.5 Å². The summed E-state index contributed by atoms with van der Waals surface area (Å²) in [5.41, 5.74) is 0.958. The maximum Gasteiger partial charge on any atom is 0.252 e. The normalized spacial score (nSPS) is 24.7. The van der Waals surface area contributed by atoms with Crippen molar-refractivity contribution in [3.05, 3.63) is 30.0 Å². The molecule has 3 aliphatic rings. The molecule has 2 amide bonds. The quantitative estimate of drug-likeness (QED) is 0.642. The van der Waals surface area contributed by atoms with Gasteiger partial charge in [-0.1, -0.05) is 20.3 Å². The number of carbonyl (C=O) groups is 2. The first kappa shape index (κ1) is 22.0. The summed E-state index contributed by atoms with van der Waals surface area (Å²) in [6, 6.07) is 1.43. The highest BCUT2D eigenvalue weighted by molar-refractivity contribution is 5.92. The summed E-state index contributed by atoms with van der Waals surface area (Å²) >= 11 is 0. The fourth-order valence-corrected chi connectivity index (χ4v) is 5.04. The second kappa shape index (κ2) is 7.90. The van der Waals surface area contributed by atoms with Crippen LogP contribution in [0.1, 0.15) is 58.1 Å². The van der Waals surface area contributed by atoms with Crippen LogP contribution in [-0.2, 0) is 22.6 Å². The van der Waals surface area contributed by atoms with E-state index in [4.69, 9.17) is 0 Å². The van der Waals surface area contributed by atoms with Gasteiger partial charge in [-0.2, -0.15) is 5.10 Å². The first-order chi connectivity index (χ1) is 15.6. The number of rotatable bonds is 5. The van der Waals surface area contributed by atoms with Gasteiger partial charge in [0, 0.05) is 35.3 Å². The number of nitrogens with one attached hydrogen (secondary N) is 2. The summed E-state index contributed by atoms with van der Waals surface area (Å²) in [4.78, 5) is 29.2. The number of fused-ring (bicyclic) bond motifs is 1. The van der Waals surface area contributed by atoms with Crippen LogP contribution in [0, 0.1) is 17.2 Å². The van der Waals surface area contributed by atoms with Gasteiger partial charge in [-0.05, 0) is 50.0 Å². The Morgan fingerprint density at radius 1 is 1.21 bits per heavy atom. The number of hydrogen-bond acceptors (Lipinski definition) is 5. The van der Waals surface area contributed by atoms with Crippen LogP contribution < -0.4 is 10.6 Å². The first-order valence-electron chi connectivity index (χ1n) is 11.7. The lowest BCUT2D eigenvalue weighted by atomic mass is 9.85. The third-order valence-electron chi connectivity index (χ3n) is 7.10. The van der Waals surface area contributed by atoms with Crippen molar-refractivity contribution in [2.45, 2.75) is 77.0 Å². The highest BCUT2D eigenvalue weighted by Crippen LogP contribution is 2.38. The van der Waals surface area contributed by atoms with Gasteiger partial charge in [-0.15, -0.1) is 0 Å². The summed E-state index contributed by atoms with van der Waals surface area (Å²) in [5, 5.41) is 20.1. The molecule has 2 saturated carbocycles. The SMILES string of the molecule is CC1(C)Cc2c(-c3cc(NC(=O)[C@@H]4CCC[C@@H](NC(=O)C5(O)CC5)C4)ncc3F)cnn2C1. The van der Waals surface area contributed by atoms with E-state index in [0.717, 1.165) is 43.3 Å². The monoisotopic (exact) mass is 455 g/mol. The van der Waals surface area contributed by atoms with Gasteiger partial charge >= 0.3 is 0 Å². The second-order valence-electron chi connectivity index (χ2n) is 10.6. The molecule has 176 valence electrons. The molecule has 5 rings (SSSR count). The van der Waals surface area contributed by atoms with E-state index in [2.05, 4.69) is 34.6 Å². The van der Waals surface area contributed by atoms with Crippen molar-refractivity contribution in [1.29, 1.82) is 0 Å². The van der Waals surface area contributed by atoms with Crippen LogP contribution in [-0.4, -0.2) is 43.3 Å². The molecule has 8 nitrogen and oxygen atoms in total. The minimum absolute atomic E-state index is 0.0705. The number of carbonyl (C=O) groups excluding carboxylic acids is 2. The molecule has 0 saturated heterocycles. The molecule has 0 unspecified atom stereocenters. The Kier molecular flexibility index (Phi) is 5.27. The van der Waals surface area contributed by atoms with Crippen molar-refractivity contribution in [2.24, 2.45) is 11.3 Å². The molecule has 9 heteroatoms. The topological polar surface area (TPSA) is 109 Å². The third-order valence-corrected chi connectivity index (χ3v) is 7.10. The summed E-state index contributed by atoms with van der Waals surface area (Å²) in [6.07, 6.45) is 7.41. The van der Waals surface area contributed by atoms with Crippen LogP contribution >= 0.6 is 0 Å². The van der Waals surface area contributed by atoms with E-state index in [1.54, 1.807) is 12.3 Å². The Hall–Kier alpha value is -2.81. The van der Waals surface area contributed by atoms with E-state index in [9.17, 15) is 19.1 Å². The average molecular weight is 456 g/mol. The van der Waals surface area contributed by atoms with E-state index in [1.165, 1.54) is 0 Å². The molecule has 3 heterocycles. The van der Waals surface area contributed by atoms with E-state index >= 15 is 0 Å². The van der Waals surface area contributed by atoms with E-state index < -0.39 is 11.4 Å². The van der Waals surface area contributed by atoms with Gasteiger partial charge in [0.05, 0.1) is 12.4 Å². The Morgan fingerprint density at radius 3 is 2.76 bits per heavy atom. The molecule has 2 fully saturated rings. The predicted octanol–water partition coefficient (Wildman–Crippen LogP) is 2.80. The zero-order chi connectivity index (χ0) is 23.4. The summed E-state index contributed by atoms with van der Waals surface area (Å²) in [6.45, 7) is 5.10. The highest BCUT2D eigenvalue weighted by atomic mass is 19.1. The zero-order valence-electron chi connectivity index (χ0n) is 19.0. The third kappa shape index (κ3) is 4.38. The molecule has 0 aromatic carbocycles.